The molecular weight excluding hydrogens is 452 g/mol. The van der Waals surface area contributed by atoms with Crippen molar-refractivity contribution in [3.8, 4) is 17.2 Å². The maximum atomic E-state index is 12.3. The van der Waals surface area contributed by atoms with Gasteiger partial charge in [0.1, 0.15) is 17.9 Å². The molecule has 2 unspecified atom stereocenters. The predicted molar refractivity (Wildman–Crippen MR) is 144 cm³/mol. The van der Waals surface area contributed by atoms with E-state index in [4.69, 9.17) is 9.15 Å². The molecule has 0 bridgehead atoms. The van der Waals surface area contributed by atoms with Crippen molar-refractivity contribution >= 4 is 22.7 Å². The molecule has 1 N–H and O–H groups in total. The van der Waals surface area contributed by atoms with Crippen molar-refractivity contribution in [2.24, 2.45) is 16.9 Å². The first-order valence-electron chi connectivity index (χ1n) is 13.1. The Balaban J connectivity index is 1.46. The Bertz CT molecular complexity index is 1200. The number of nitrogens with zero attached hydrogens (tertiary/aromatic N) is 3. The van der Waals surface area contributed by atoms with Gasteiger partial charge in [0.25, 0.3) is 0 Å². The zero-order valence-corrected chi connectivity index (χ0v) is 22.2. The third kappa shape index (κ3) is 5.62. The van der Waals surface area contributed by atoms with Crippen LogP contribution in [0.25, 0.3) is 22.6 Å². The maximum Gasteiger partial charge on any atom is 0.243 e. The largest absolute Gasteiger partial charge is 0.492 e. The van der Waals surface area contributed by atoms with Crippen LogP contribution in [0.4, 0.5) is 0 Å². The fraction of sp³-hybridized carbons (Fsp3) is 0.483. The minimum absolute atomic E-state index is 0.000672. The van der Waals surface area contributed by atoms with Gasteiger partial charge in [-0.25, -0.2) is 10.4 Å². The van der Waals surface area contributed by atoms with Gasteiger partial charge >= 0.3 is 0 Å². The lowest BCUT2D eigenvalue weighted by Crippen LogP contribution is -2.40. The van der Waals surface area contributed by atoms with E-state index in [-0.39, 0.29) is 17.7 Å². The van der Waals surface area contributed by atoms with Crippen molar-refractivity contribution in [3.63, 3.8) is 0 Å². The van der Waals surface area contributed by atoms with Crippen LogP contribution in [0.15, 0.2) is 52.0 Å². The average molecular weight is 491 g/mol. The van der Waals surface area contributed by atoms with Crippen LogP contribution in [0.5, 0.6) is 5.75 Å². The summed E-state index contributed by atoms with van der Waals surface area (Å²) >= 11 is 0. The van der Waals surface area contributed by atoms with Crippen LogP contribution in [0.1, 0.15) is 59.9 Å². The Morgan fingerprint density at radius 1 is 1.06 bits per heavy atom. The molecule has 192 valence electrons. The molecule has 0 saturated carbocycles. The number of hydrogen-bond donors (Lipinski definition) is 1. The maximum absolute atomic E-state index is 12.3. The van der Waals surface area contributed by atoms with Crippen molar-refractivity contribution < 1.29 is 13.9 Å². The smallest absolute Gasteiger partial charge is 0.243 e. The van der Waals surface area contributed by atoms with E-state index in [0.717, 1.165) is 47.5 Å². The van der Waals surface area contributed by atoms with E-state index in [1.807, 2.05) is 42.5 Å². The Morgan fingerprint density at radius 2 is 1.75 bits per heavy atom. The standard InChI is InChI=1S/C29H38N4O3/c1-7-8-24-20(6)27(31-32-28(24)34)22-11-14-25-26(17-22)36-29(30-25)21-9-12-23(13-10-21)35-16-15-33(18(2)3)19(4)5/h9-14,17-20,24H,7-8,15-16H2,1-6H3,(H,32,34). The van der Waals surface area contributed by atoms with Gasteiger partial charge in [0, 0.05) is 41.6 Å². The third-order valence-corrected chi connectivity index (χ3v) is 6.99. The zero-order chi connectivity index (χ0) is 25.8. The lowest BCUT2D eigenvalue weighted by atomic mass is 9.82. The van der Waals surface area contributed by atoms with Crippen LogP contribution in [-0.4, -0.2) is 46.7 Å². The number of aromatic nitrogens is 1. The summed E-state index contributed by atoms with van der Waals surface area (Å²) in [4.78, 5) is 19.3. The fourth-order valence-electron chi connectivity index (χ4n) is 5.02. The molecule has 7 nitrogen and oxygen atoms in total. The molecule has 4 rings (SSSR count). The summed E-state index contributed by atoms with van der Waals surface area (Å²) in [5, 5.41) is 4.37. The zero-order valence-electron chi connectivity index (χ0n) is 22.2. The van der Waals surface area contributed by atoms with E-state index >= 15 is 0 Å². The summed E-state index contributed by atoms with van der Waals surface area (Å²) in [7, 11) is 0. The molecule has 36 heavy (non-hydrogen) atoms. The topological polar surface area (TPSA) is 80.0 Å². The van der Waals surface area contributed by atoms with Crippen molar-refractivity contribution in [2.75, 3.05) is 13.2 Å². The number of nitrogens with one attached hydrogen (secondary N) is 1. The molecule has 0 radical (unpaired) electrons. The highest BCUT2D eigenvalue weighted by Crippen LogP contribution is 2.30. The van der Waals surface area contributed by atoms with E-state index in [1.54, 1.807) is 0 Å². The van der Waals surface area contributed by atoms with Gasteiger partial charge in [-0.1, -0.05) is 26.3 Å². The SMILES string of the molecule is CCCC1C(=O)NN=C(c2ccc3nc(-c4ccc(OCCN(C(C)C)C(C)C)cc4)oc3c2)C1C. The Hall–Kier alpha value is -3.19. The van der Waals surface area contributed by atoms with Crippen molar-refractivity contribution in [1.29, 1.82) is 0 Å². The van der Waals surface area contributed by atoms with Gasteiger partial charge in [0.05, 0.1) is 5.71 Å². The Kier molecular flexibility index (Phi) is 8.09. The second kappa shape index (κ2) is 11.2. The first-order chi connectivity index (χ1) is 17.3. The summed E-state index contributed by atoms with van der Waals surface area (Å²) in [6.07, 6.45) is 1.80. The second-order valence-corrected chi connectivity index (χ2v) is 10.2. The normalized spacial score (nSPS) is 18.2. The molecule has 1 amide bonds. The van der Waals surface area contributed by atoms with Gasteiger partial charge < -0.3 is 9.15 Å². The number of fused-ring (bicyclic) bond motifs is 1. The molecule has 0 aliphatic carbocycles. The van der Waals surface area contributed by atoms with Crippen LogP contribution >= 0.6 is 0 Å². The third-order valence-electron chi connectivity index (χ3n) is 6.99. The molecule has 2 heterocycles. The van der Waals surface area contributed by atoms with Gasteiger partial charge in [0.2, 0.25) is 11.8 Å². The van der Waals surface area contributed by atoms with Crippen molar-refractivity contribution in [3.05, 3.63) is 48.0 Å². The molecule has 0 spiro atoms. The number of oxazole rings is 1. The van der Waals surface area contributed by atoms with Gasteiger partial charge in [-0.2, -0.15) is 5.10 Å². The van der Waals surface area contributed by atoms with Crippen LogP contribution in [0.3, 0.4) is 0 Å². The number of carbonyl (C=O) groups is 1. The van der Waals surface area contributed by atoms with E-state index in [2.05, 4.69) is 62.0 Å². The monoisotopic (exact) mass is 490 g/mol. The summed E-state index contributed by atoms with van der Waals surface area (Å²) in [5.41, 5.74) is 6.90. The molecule has 1 aromatic heterocycles. The summed E-state index contributed by atoms with van der Waals surface area (Å²) in [5.74, 6) is 1.37. The van der Waals surface area contributed by atoms with Crippen LogP contribution in [-0.2, 0) is 4.79 Å². The van der Waals surface area contributed by atoms with Gasteiger partial charge in [-0.05, 0) is 70.5 Å². The van der Waals surface area contributed by atoms with Crippen molar-refractivity contribution in [1.82, 2.24) is 15.3 Å². The summed E-state index contributed by atoms with van der Waals surface area (Å²) < 4.78 is 12.1. The van der Waals surface area contributed by atoms with Gasteiger partial charge in [-0.15, -0.1) is 0 Å². The lowest BCUT2D eigenvalue weighted by Gasteiger charge is -2.30. The summed E-state index contributed by atoms with van der Waals surface area (Å²) in [6, 6.07) is 14.8. The van der Waals surface area contributed by atoms with Crippen LogP contribution < -0.4 is 10.2 Å². The first-order valence-corrected chi connectivity index (χ1v) is 13.1. The number of benzene rings is 2. The number of hydrazone groups is 1. The second-order valence-electron chi connectivity index (χ2n) is 10.2. The molecule has 2 atom stereocenters. The molecule has 0 saturated heterocycles. The molecule has 2 aromatic carbocycles. The number of rotatable bonds is 10. The van der Waals surface area contributed by atoms with Gasteiger partial charge in [-0.3, -0.25) is 9.69 Å². The van der Waals surface area contributed by atoms with Crippen LogP contribution in [0, 0.1) is 11.8 Å². The molecule has 7 heteroatoms. The number of ether oxygens (including phenoxy) is 1. The minimum Gasteiger partial charge on any atom is -0.492 e. The number of carbonyl (C=O) groups excluding carboxylic acids is 1. The average Bonchev–Trinajstić information content (AvgIpc) is 3.28. The van der Waals surface area contributed by atoms with Crippen LogP contribution in [0.2, 0.25) is 0 Å². The molecular formula is C29H38N4O3. The minimum atomic E-state index is -0.0666. The fourth-order valence-corrected chi connectivity index (χ4v) is 5.02. The lowest BCUT2D eigenvalue weighted by molar-refractivity contribution is -0.126. The van der Waals surface area contributed by atoms with Gasteiger partial charge in [0.15, 0.2) is 5.58 Å². The molecule has 0 fully saturated rings. The summed E-state index contributed by atoms with van der Waals surface area (Å²) in [6.45, 7) is 14.5. The highest BCUT2D eigenvalue weighted by Gasteiger charge is 2.32. The van der Waals surface area contributed by atoms with E-state index in [1.165, 1.54) is 0 Å². The molecule has 1 aliphatic heterocycles. The highest BCUT2D eigenvalue weighted by atomic mass is 16.5. The van der Waals surface area contributed by atoms with Crippen molar-refractivity contribution in [2.45, 2.75) is 66.5 Å². The number of hydrogen-bond acceptors (Lipinski definition) is 6. The van der Waals surface area contributed by atoms with E-state index in [9.17, 15) is 4.79 Å². The quantitative estimate of drug-likeness (QED) is 0.384. The highest BCUT2D eigenvalue weighted by molar-refractivity contribution is 6.07. The Labute approximate surface area is 213 Å². The molecule has 1 aliphatic rings. The van der Waals surface area contributed by atoms with E-state index in [0.29, 0.717) is 30.2 Å². The number of amides is 1. The first kappa shape index (κ1) is 25.9. The Morgan fingerprint density at radius 3 is 2.42 bits per heavy atom. The predicted octanol–water partition coefficient (Wildman–Crippen LogP) is 5.88. The molecule has 3 aromatic rings. The van der Waals surface area contributed by atoms with E-state index < -0.39 is 0 Å².